The smallest absolute Gasteiger partial charge is 0.228 e. The van der Waals surface area contributed by atoms with Crippen LogP contribution >= 0.6 is 23.2 Å². The molecule has 2 aromatic carbocycles. The summed E-state index contributed by atoms with van der Waals surface area (Å²) in [7, 11) is 0. The van der Waals surface area contributed by atoms with Gasteiger partial charge in [0.15, 0.2) is 5.65 Å². The van der Waals surface area contributed by atoms with Crippen molar-refractivity contribution < 1.29 is 13.2 Å². The summed E-state index contributed by atoms with van der Waals surface area (Å²) in [6.07, 6.45) is -4.55. The second-order valence-corrected chi connectivity index (χ2v) is 7.03. The van der Waals surface area contributed by atoms with E-state index in [1.807, 2.05) is 0 Å². The van der Waals surface area contributed by atoms with Gasteiger partial charge in [0, 0.05) is 5.56 Å². The molecule has 0 radical (unpaired) electrons. The summed E-state index contributed by atoms with van der Waals surface area (Å²) in [6.45, 7) is 1.52. The van der Waals surface area contributed by atoms with Gasteiger partial charge in [-0.15, -0.1) is 0 Å². The van der Waals surface area contributed by atoms with Gasteiger partial charge in [-0.1, -0.05) is 53.5 Å². The number of aromatic nitrogens is 3. The van der Waals surface area contributed by atoms with Gasteiger partial charge in [-0.05, 0) is 31.2 Å². The number of benzene rings is 2. The molecular weight excluding hydrogens is 410 g/mol. The van der Waals surface area contributed by atoms with Crippen molar-refractivity contribution in [2.24, 2.45) is 0 Å². The summed E-state index contributed by atoms with van der Waals surface area (Å²) >= 11 is 12.0. The summed E-state index contributed by atoms with van der Waals surface area (Å²) < 4.78 is 42.8. The fourth-order valence-electron chi connectivity index (χ4n) is 3.07. The Kier molecular flexibility index (Phi) is 4.56. The first-order chi connectivity index (χ1) is 13.3. The topological polar surface area (TPSA) is 30.7 Å². The molecule has 0 aliphatic heterocycles. The molecule has 0 aliphatic carbocycles. The van der Waals surface area contributed by atoms with Crippen molar-refractivity contribution in [3.8, 4) is 16.9 Å². The third-order valence-electron chi connectivity index (χ3n) is 4.34. The third-order valence-corrected chi connectivity index (χ3v) is 5.07. The minimum Gasteiger partial charge on any atom is -0.228 e. The van der Waals surface area contributed by atoms with E-state index in [2.05, 4.69) is 10.1 Å². The average Bonchev–Trinajstić information content (AvgIpc) is 3.00. The highest BCUT2D eigenvalue weighted by Gasteiger charge is 2.35. The molecule has 142 valence electrons. The lowest BCUT2D eigenvalue weighted by atomic mass is 10.1. The van der Waals surface area contributed by atoms with E-state index in [-0.39, 0.29) is 27.4 Å². The van der Waals surface area contributed by atoms with Crippen molar-refractivity contribution in [2.45, 2.75) is 13.1 Å². The van der Waals surface area contributed by atoms with Crippen molar-refractivity contribution in [1.29, 1.82) is 0 Å². The lowest BCUT2D eigenvalue weighted by Gasteiger charge is -2.12. The SMILES string of the molecule is Cc1nn(-c2ccc(Cl)c(Cl)c2)c2nc(-c3ccccc3)cc(C(F)(F)F)c12. The number of pyridine rings is 1. The van der Waals surface area contributed by atoms with Crippen LogP contribution in [0.25, 0.3) is 28.0 Å². The van der Waals surface area contributed by atoms with Crippen LogP contribution in [0, 0.1) is 6.92 Å². The first-order valence-corrected chi connectivity index (χ1v) is 8.99. The fraction of sp³-hybridized carbons (Fsp3) is 0.100. The minimum absolute atomic E-state index is 0.0433. The van der Waals surface area contributed by atoms with E-state index in [4.69, 9.17) is 23.2 Å². The Labute approximate surface area is 168 Å². The van der Waals surface area contributed by atoms with E-state index in [1.54, 1.807) is 48.5 Å². The van der Waals surface area contributed by atoms with Crippen LogP contribution < -0.4 is 0 Å². The summed E-state index contributed by atoms with van der Waals surface area (Å²) in [5, 5.41) is 4.86. The van der Waals surface area contributed by atoms with Crippen LogP contribution in [0.15, 0.2) is 54.6 Å². The van der Waals surface area contributed by atoms with E-state index in [0.29, 0.717) is 16.3 Å². The minimum atomic E-state index is -4.55. The molecule has 0 aliphatic rings. The molecule has 4 aromatic rings. The molecular formula is C20H12Cl2F3N3. The average molecular weight is 422 g/mol. The normalized spacial score (nSPS) is 11.9. The van der Waals surface area contributed by atoms with Crippen molar-refractivity contribution in [2.75, 3.05) is 0 Å². The van der Waals surface area contributed by atoms with E-state index in [0.717, 1.165) is 6.07 Å². The quantitative estimate of drug-likeness (QED) is 0.359. The van der Waals surface area contributed by atoms with Crippen LogP contribution in [0.3, 0.4) is 0 Å². The van der Waals surface area contributed by atoms with Crippen molar-refractivity contribution in [3.63, 3.8) is 0 Å². The number of rotatable bonds is 2. The molecule has 0 N–H and O–H groups in total. The first kappa shape index (κ1) is 18.8. The molecule has 2 aromatic heterocycles. The second-order valence-electron chi connectivity index (χ2n) is 6.21. The maximum Gasteiger partial charge on any atom is 0.417 e. The number of fused-ring (bicyclic) bond motifs is 1. The molecule has 0 spiro atoms. The lowest BCUT2D eigenvalue weighted by Crippen LogP contribution is -2.08. The standard InChI is InChI=1S/C20H12Cl2F3N3/c1-11-18-14(20(23,24)25)10-17(12-5-3-2-4-6-12)26-19(18)28(27-11)13-7-8-15(21)16(22)9-13/h2-10H,1H3. The van der Waals surface area contributed by atoms with Crippen LogP contribution in [0.5, 0.6) is 0 Å². The van der Waals surface area contributed by atoms with Gasteiger partial charge in [0.1, 0.15) is 0 Å². The highest BCUT2D eigenvalue weighted by molar-refractivity contribution is 6.42. The van der Waals surface area contributed by atoms with Gasteiger partial charge in [0.25, 0.3) is 0 Å². The van der Waals surface area contributed by atoms with Gasteiger partial charge in [-0.3, -0.25) is 0 Å². The Morgan fingerprint density at radius 1 is 0.929 bits per heavy atom. The van der Waals surface area contributed by atoms with E-state index in [9.17, 15) is 13.2 Å². The van der Waals surface area contributed by atoms with Crippen LogP contribution in [0.1, 0.15) is 11.3 Å². The van der Waals surface area contributed by atoms with Crippen LogP contribution in [-0.2, 0) is 6.18 Å². The molecule has 8 heteroatoms. The van der Waals surface area contributed by atoms with E-state index in [1.165, 1.54) is 11.6 Å². The largest absolute Gasteiger partial charge is 0.417 e. The Bertz CT molecular complexity index is 1180. The summed E-state index contributed by atoms with van der Waals surface area (Å²) in [6, 6.07) is 14.5. The molecule has 0 fully saturated rings. The number of hydrogen-bond acceptors (Lipinski definition) is 2. The predicted molar refractivity (Wildman–Crippen MR) is 104 cm³/mol. The van der Waals surface area contributed by atoms with Gasteiger partial charge < -0.3 is 0 Å². The summed E-state index contributed by atoms with van der Waals surface area (Å²) in [5.41, 5.74) is 0.805. The molecule has 2 heterocycles. The molecule has 0 bridgehead atoms. The molecule has 0 saturated heterocycles. The van der Waals surface area contributed by atoms with Gasteiger partial charge in [-0.2, -0.15) is 18.3 Å². The zero-order valence-electron chi connectivity index (χ0n) is 14.4. The third kappa shape index (κ3) is 3.23. The Morgan fingerprint density at radius 2 is 1.64 bits per heavy atom. The first-order valence-electron chi connectivity index (χ1n) is 8.24. The molecule has 4 rings (SSSR count). The van der Waals surface area contributed by atoms with E-state index < -0.39 is 11.7 Å². The van der Waals surface area contributed by atoms with Gasteiger partial charge in [0.05, 0.1) is 38.1 Å². The lowest BCUT2D eigenvalue weighted by molar-refractivity contribution is -0.136. The number of nitrogens with zero attached hydrogens (tertiary/aromatic N) is 3. The molecule has 0 saturated carbocycles. The highest BCUT2D eigenvalue weighted by Crippen LogP contribution is 2.39. The summed E-state index contributed by atoms with van der Waals surface area (Å²) in [4.78, 5) is 4.49. The second kappa shape index (κ2) is 6.79. The Balaban J connectivity index is 2.07. The highest BCUT2D eigenvalue weighted by atomic mass is 35.5. The number of halogens is 5. The Morgan fingerprint density at radius 3 is 2.29 bits per heavy atom. The Hall–Kier alpha value is -2.57. The zero-order chi connectivity index (χ0) is 20.1. The predicted octanol–water partition coefficient (Wildman–Crippen LogP) is 6.72. The molecule has 0 amide bonds. The molecule has 3 nitrogen and oxygen atoms in total. The molecule has 28 heavy (non-hydrogen) atoms. The van der Waals surface area contributed by atoms with Crippen LogP contribution in [-0.4, -0.2) is 14.8 Å². The van der Waals surface area contributed by atoms with Gasteiger partial charge >= 0.3 is 6.18 Å². The maximum atomic E-state index is 13.8. The number of alkyl halides is 3. The van der Waals surface area contributed by atoms with Crippen molar-refractivity contribution in [3.05, 3.63) is 75.9 Å². The number of hydrogen-bond donors (Lipinski definition) is 0. The van der Waals surface area contributed by atoms with E-state index >= 15 is 0 Å². The molecule has 0 atom stereocenters. The van der Waals surface area contributed by atoms with Gasteiger partial charge in [-0.25, -0.2) is 9.67 Å². The monoisotopic (exact) mass is 421 g/mol. The maximum absolute atomic E-state index is 13.8. The van der Waals surface area contributed by atoms with Crippen molar-refractivity contribution in [1.82, 2.24) is 14.8 Å². The molecule has 0 unspecified atom stereocenters. The van der Waals surface area contributed by atoms with Crippen LogP contribution in [0.4, 0.5) is 13.2 Å². The van der Waals surface area contributed by atoms with Crippen molar-refractivity contribution >= 4 is 34.2 Å². The van der Waals surface area contributed by atoms with Crippen LogP contribution in [0.2, 0.25) is 10.0 Å². The zero-order valence-corrected chi connectivity index (χ0v) is 15.9. The number of aryl methyl sites for hydroxylation is 1. The fourth-order valence-corrected chi connectivity index (χ4v) is 3.36. The van der Waals surface area contributed by atoms with Gasteiger partial charge in [0.2, 0.25) is 0 Å². The summed E-state index contributed by atoms with van der Waals surface area (Å²) in [5.74, 6) is 0.